The number of carbonyl (C=O) groups is 1. The topological polar surface area (TPSA) is 45.2 Å². The number of hydrogen-bond acceptors (Lipinski definition) is 3. The van der Waals surface area contributed by atoms with Crippen molar-refractivity contribution in [2.75, 3.05) is 16.8 Å². The average Bonchev–Trinajstić information content (AvgIpc) is 3.05. The molecule has 1 aliphatic heterocycles. The molecule has 1 aromatic heterocycles. The molecular formula is C12H15N3O. The number of pyridine rings is 1. The summed E-state index contributed by atoms with van der Waals surface area (Å²) in [5.74, 6) is 1.05. The van der Waals surface area contributed by atoms with Crippen molar-refractivity contribution in [2.24, 2.45) is 0 Å². The lowest BCUT2D eigenvalue weighted by Crippen LogP contribution is -2.27. The van der Waals surface area contributed by atoms with Crippen LogP contribution in [0.4, 0.5) is 11.5 Å². The van der Waals surface area contributed by atoms with E-state index in [2.05, 4.69) is 15.2 Å². The summed E-state index contributed by atoms with van der Waals surface area (Å²) >= 11 is 0. The summed E-state index contributed by atoms with van der Waals surface area (Å²) in [5, 5.41) is 2.96. The van der Waals surface area contributed by atoms with E-state index in [1.807, 2.05) is 19.2 Å². The molecule has 1 aliphatic carbocycles. The maximum atomic E-state index is 11.6. The molecule has 1 saturated carbocycles. The zero-order chi connectivity index (χ0) is 11.1. The van der Waals surface area contributed by atoms with Crippen LogP contribution in [0.15, 0.2) is 12.3 Å². The molecule has 0 bridgehead atoms. The fourth-order valence-corrected chi connectivity index (χ4v) is 2.19. The van der Waals surface area contributed by atoms with Gasteiger partial charge in [-0.2, -0.15) is 0 Å². The summed E-state index contributed by atoms with van der Waals surface area (Å²) in [4.78, 5) is 18.3. The summed E-state index contributed by atoms with van der Waals surface area (Å²) in [5.41, 5.74) is 1.99. The van der Waals surface area contributed by atoms with Crippen LogP contribution in [0.2, 0.25) is 0 Å². The van der Waals surface area contributed by atoms with Gasteiger partial charge in [0.1, 0.15) is 0 Å². The smallest absolute Gasteiger partial charge is 0.226 e. The second-order valence-electron chi connectivity index (χ2n) is 4.55. The number of anilines is 2. The SMILES string of the molecule is Cc1ccnc2c1NC(=O)CCN2C1CC1. The van der Waals surface area contributed by atoms with Gasteiger partial charge >= 0.3 is 0 Å². The molecule has 2 heterocycles. The van der Waals surface area contributed by atoms with Gasteiger partial charge < -0.3 is 10.2 Å². The first kappa shape index (κ1) is 9.63. The molecular weight excluding hydrogens is 202 g/mol. The first-order chi connectivity index (χ1) is 7.75. The Hall–Kier alpha value is -1.58. The van der Waals surface area contributed by atoms with Crippen LogP contribution in [-0.2, 0) is 4.79 Å². The van der Waals surface area contributed by atoms with E-state index in [0.717, 1.165) is 23.6 Å². The Labute approximate surface area is 94.7 Å². The largest absolute Gasteiger partial charge is 0.351 e. The maximum absolute atomic E-state index is 11.6. The normalized spacial score (nSPS) is 20.1. The molecule has 0 unspecified atom stereocenters. The number of fused-ring (bicyclic) bond motifs is 1. The van der Waals surface area contributed by atoms with Gasteiger partial charge in [0.2, 0.25) is 5.91 Å². The van der Waals surface area contributed by atoms with Gasteiger partial charge in [0.15, 0.2) is 5.82 Å². The van der Waals surface area contributed by atoms with Crippen LogP contribution in [0.3, 0.4) is 0 Å². The van der Waals surface area contributed by atoms with Crippen LogP contribution in [-0.4, -0.2) is 23.5 Å². The molecule has 16 heavy (non-hydrogen) atoms. The minimum absolute atomic E-state index is 0.0977. The van der Waals surface area contributed by atoms with Gasteiger partial charge in [-0.15, -0.1) is 0 Å². The number of carbonyl (C=O) groups excluding carboxylic acids is 1. The Morgan fingerprint density at radius 1 is 1.50 bits per heavy atom. The highest BCUT2D eigenvalue weighted by Crippen LogP contribution is 2.37. The minimum Gasteiger partial charge on any atom is -0.351 e. The molecule has 0 aromatic carbocycles. The second-order valence-corrected chi connectivity index (χ2v) is 4.55. The first-order valence-corrected chi connectivity index (χ1v) is 5.78. The van der Waals surface area contributed by atoms with Gasteiger partial charge in [-0.1, -0.05) is 0 Å². The highest BCUT2D eigenvalue weighted by molar-refractivity contribution is 5.96. The van der Waals surface area contributed by atoms with Crippen LogP contribution < -0.4 is 10.2 Å². The van der Waals surface area contributed by atoms with Gasteiger partial charge in [0.05, 0.1) is 5.69 Å². The Morgan fingerprint density at radius 3 is 3.06 bits per heavy atom. The number of hydrogen-bond donors (Lipinski definition) is 1. The summed E-state index contributed by atoms with van der Waals surface area (Å²) < 4.78 is 0. The summed E-state index contributed by atoms with van der Waals surface area (Å²) in [6, 6.07) is 2.54. The first-order valence-electron chi connectivity index (χ1n) is 5.78. The van der Waals surface area contributed by atoms with E-state index >= 15 is 0 Å². The number of aromatic nitrogens is 1. The third-order valence-corrected chi connectivity index (χ3v) is 3.24. The minimum atomic E-state index is 0.0977. The number of rotatable bonds is 1. The average molecular weight is 217 g/mol. The van der Waals surface area contributed by atoms with Crippen molar-refractivity contribution in [2.45, 2.75) is 32.2 Å². The van der Waals surface area contributed by atoms with Gasteiger partial charge in [-0.05, 0) is 31.4 Å². The summed E-state index contributed by atoms with van der Waals surface area (Å²) in [6.07, 6.45) is 4.83. The molecule has 2 aliphatic rings. The lowest BCUT2D eigenvalue weighted by molar-refractivity contribution is -0.115. The van der Waals surface area contributed by atoms with Crippen molar-refractivity contribution >= 4 is 17.4 Å². The molecule has 1 aromatic rings. The van der Waals surface area contributed by atoms with Crippen molar-refractivity contribution < 1.29 is 4.79 Å². The zero-order valence-electron chi connectivity index (χ0n) is 9.36. The fourth-order valence-electron chi connectivity index (χ4n) is 2.19. The lowest BCUT2D eigenvalue weighted by Gasteiger charge is -2.22. The van der Waals surface area contributed by atoms with Crippen molar-refractivity contribution in [3.05, 3.63) is 17.8 Å². The molecule has 0 spiro atoms. The Morgan fingerprint density at radius 2 is 2.31 bits per heavy atom. The zero-order valence-corrected chi connectivity index (χ0v) is 9.36. The Kier molecular flexibility index (Phi) is 2.09. The van der Waals surface area contributed by atoms with E-state index in [9.17, 15) is 4.79 Å². The number of amides is 1. The predicted molar refractivity (Wildman–Crippen MR) is 62.6 cm³/mol. The van der Waals surface area contributed by atoms with Crippen molar-refractivity contribution in [1.82, 2.24) is 4.98 Å². The van der Waals surface area contributed by atoms with E-state index in [1.165, 1.54) is 12.8 Å². The highest BCUT2D eigenvalue weighted by atomic mass is 16.1. The second kappa shape index (κ2) is 3.47. The molecule has 84 valence electrons. The summed E-state index contributed by atoms with van der Waals surface area (Å²) in [6.45, 7) is 2.80. The predicted octanol–water partition coefficient (Wildman–Crippen LogP) is 1.70. The number of nitrogens with one attached hydrogen (secondary N) is 1. The van der Waals surface area contributed by atoms with E-state index in [4.69, 9.17) is 0 Å². The van der Waals surface area contributed by atoms with E-state index in [-0.39, 0.29) is 5.91 Å². The molecule has 4 heteroatoms. The van der Waals surface area contributed by atoms with Crippen molar-refractivity contribution in [3.8, 4) is 0 Å². The third kappa shape index (κ3) is 1.54. The van der Waals surface area contributed by atoms with Crippen molar-refractivity contribution in [3.63, 3.8) is 0 Å². The molecule has 0 radical (unpaired) electrons. The molecule has 0 saturated heterocycles. The van der Waals surface area contributed by atoms with E-state index < -0.39 is 0 Å². The van der Waals surface area contributed by atoms with Crippen LogP contribution in [0.1, 0.15) is 24.8 Å². The lowest BCUT2D eigenvalue weighted by atomic mass is 10.2. The van der Waals surface area contributed by atoms with Crippen LogP contribution in [0.25, 0.3) is 0 Å². The molecule has 4 nitrogen and oxygen atoms in total. The van der Waals surface area contributed by atoms with Gasteiger partial charge in [-0.25, -0.2) is 4.98 Å². The molecule has 1 fully saturated rings. The van der Waals surface area contributed by atoms with Gasteiger partial charge in [0, 0.05) is 25.2 Å². The highest BCUT2D eigenvalue weighted by Gasteiger charge is 2.33. The number of nitrogens with zero attached hydrogens (tertiary/aromatic N) is 2. The number of aryl methyl sites for hydroxylation is 1. The van der Waals surface area contributed by atoms with Gasteiger partial charge in [0.25, 0.3) is 0 Å². The van der Waals surface area contributed by atoms with Crippen LogP contribution in [0.5, 0.6) is 0 Å². The third-order valence-electron chi connectivity index (χ3n) is 3.24. The maximum Gasteiger partial charge on any atom is 0.226 e. The Balaban J connectivity index is 2.07. The molecule has 1 amide bonds. The molecule has 1 N–H and O–H groups in total. The van der Waals surface area contributed by atoms with Gasteiger partial charge in [-0.3, -0.25) is 4.79 Å². The standard InChI is InChI=1S/C12H15N3O/c1-8-4-6-13-12-11(8)14-10(16)5-7-15(12)9-2-3-9/h4,6,9H,2-3,5,7H2,1H3,(H,14,16). The molecule has 0 atom stereocenters. The summed E-state index contributed by atoms with van der Waals surface area (Å²) in [7, 11) is 0. The molecule has 3 rings (SSSR count). The van der Waals surface area contributed by atoms with Crippen molar-refractivity contribution in [1.29, 1.82) is 0 Å². The fraction of sp³-hybridized carbons (Fsp3) is 0.500. The van der Waals surface area contributed by atoms with Crippen LogP contribution >= 0.6 is 0 Å². The van der Waals surface area contributed by atoms with Crippen LogP contribution in [0, 0.1) is 6.92 Å². The Bertz CT molecular complexity index is 440. The quantitative estimate of drug-likeness (QED) is 0.778. The van der Waals surface area contributed by atoms with E-state index in [0.29, 0.717) is 12.5 Å². The van der Waals surface area contributed by atoms with E-state index in [1.54, 1.807) is 0 Å². The monoisotopic (exact) mass is 217 g/mol.